The summed E-state index contributed by atoms with van der Waals surface area (Å²) in [7, 11) is 0. The highest BCUT2D eigenvalue weighted by Gasteiger charge is 2.19. The first kappa shape index (κ1) is 17.7. The van der Waals surface area contributed by atoms with Crippen LogP contribution in [0, 0.1) is 5.41 Å². The van der Waals surface area contributed by atoms with Gasteiger partial charge in [0.25, 0.3) is 5.91 Å². The van der Waals surface area contributed by atoms with E-state index < -0.39 is 5.97 Å². The molecular formula is C14H18Cl2N2O3. The van der Waals surface area contributed by atoms with Crippen LogP contribution in [0.15, 0.2) is 12.1 Å². The number of hydrogen-bond donors (Lipinski definition) is 2. The van der Waals surface area contributed by atoms with Crippen molar-refractivity contribution in [3.8, 4) is 0 Å². The number of carboxylic acids is 1. The fraction of sp³-hybridized carbons (Fsp3) is 0.500. The van der Waals surface area contributed by atoms with Gasteiger partial charge in [-0.1, -0.05) is 37.0 Å². The van der Waals surface area contributed by atoms with Crippen molar-refractivity contribution in [1.82, 2.24) is 10.3 Å². The number of nitrogens with one attached hydrogen (secondary N) is 1. The standard InChI is InChI=1S/C14H18Cl2N2O3/c1-14(2,4-3-12(19)20)5-6-17-13(21)9-7-10(15)18-11(16)8-9/h7-8H,3-6H2,1-2H3,(H,17,21)(H,19,20). The predicted octanol–water partition coefficient (Wildman–Crippen LogP) is 3.40. The highest BCUT2D eigenvalue weighted by atomic mass is 35.5. The van der Waals surface area contributed by atoms with Gasteiger partial charge in [0.05, 0.1) is 0 Å². The molecule has 0 aliphatic heterocycles. The smallest absolute Gasteiger partial charge is 0.303 e. The number of pyridine rings is 1. The second-order valence-corrected chi connectivity index (χ2v) is 6.34. The van der Waals surface area contributed by atoms with E-state index in [-0.39, 0.29) is 28.0 Å². The van der Waals surface area contributed by atoms with Gasteiger partial charge in [0.2, 0.25) is 0 Å². The Hall–Kier alpha value is -1.33. The third-order valence-electron chi connectivity index (χ3n) is 3.13. The molecule has 7 heteroatoms. The largest absolute Gasteiger partial charge is 0.481 e. The highest BCUT2D eigenvalue weighted by molar-refractivity contribution is 6.33. The van der Waals surface area contributed by atoms with E-state index in [9.17, 15) is 9.59 Å². The van der Waals surface area contributed by atoms with Crippen LogP contribution in [0.4, 0.5) is 0 Å². The van der Waals surface area contributed by atoms with E-state index in [1.165, 1.54) is 12.1 Å². The Balaban J connectivity index is 2.47. The molecule has 0 saturated carbocycles. The number of aromatic nitrogens is 1. The maximum absolute atomic E-state index is 12.0. The van der Waals surface area contributed by atoms with Crippen LogP contribution in [0.3, 0.4) is 0 Å². The van der Waals surface area contributed by atoms with Crippen LogP contribution >= 0.6 is 23.2 Å². The van der Waals surface area contributed by atoms with Gasteiger partial charge in [-0.05, 0) is 30.4 Å². The van der Waals surface area contributed by atoms with Crippen LogP contribution in [0.1, 0.15) is 43.5 Å². The second-order valence-electron chi connectivity index (χ2n) is 5.57. The first-order chi connectivity index (χ1) is 9.69. The van der Waals surface area contributed by atoms with Crippen LogP contribution < -0.4 is 5.32 Å². The van der Waals surface area contributed by atoms with Gasteiger partial charge in [0, 0.05) is 18.5 Å². The van der Waals surface area contributed by atoms with E-state index in [0.717, 1.165) is 0 Å². The van der Waals surface area contributed by atoms with Crippen LogP contribution in [0.2, 0.25) is 10.3 Å². The van der Waals surface area contributed by atoms with Gasteiger partial charge in [-0.15, -0.1) is 0 Å². The average molecular weight is 333 g/mol. The summed E-state index contributed by atoms with van der Waals surface area (Å²) < 4.78 is 0. The zero-order valence-electron chi connectivity index (χ0n) is 11.9. The SMILES string of the molecule is CC(C)(CCNC(=O)c1cc(Cl)nc(Cl)c1)CCC(=O)O. The van der Waals surface area contributed by atoms with Crippen molar-refractivity contribution >= 4 is 35.1 Å². The molecule has 0 atom stereocenters. The van der Waals surface area contributed by atoms with Gasteiger partial charge in [0.15, 0.2) is 0 Å². The average Bonchev–Trinajstić information content (AvgIpc) is 2.35. The number of nitrogens with zero attached hydrogens (tertiary/aromatic N) is 1. The number of amides is 1. The summed E-state index contributed by atoms with van der Waals surface area (Å²) in [6.45, 7) is 4.40. The van der Waals surface area contributed by atoms with Crippen molar-refractivity contribution in [2.24, 2.45) is 5.41 Å². The minimum absolute atomic E-state index is 0.122. The zero-order chi connectivity index (χ0) is 16.0. The van der Waals surface area contributed by atoms with E-state index in [4.69, 9.17) is 28.3 Å². The van der Waals surface area contributed by atoms with Gasteiger partial charge >= 0.3 is 5.97 Å². The second kappa shape index (κ2) is 7.61. The molecule has 5 nitrogen and oxygen atoms in total. The first-order valence-corrected chi connectivity index (χ1v) is 7.28. The van der Waals surface area contributed by atoms with Gasteiger partial charge in [-0.3, -0.25) is 9.59 Å². The van der Waals surface area contributed by atoms with Crippen molar-refractivity contribution in [3.05, 3.63) is 28.0 Å². The van der Waals surface area contributed by atoms with Crippen molar-refractivity contribution in [1.29, 1.82) is 0 Å². The number of hydrogen-bond acceptors (Lipinski definition) is 3. The molecule has 1 heterocycles. The molecule has 0 radical (unpaired) electrons. The number of rotatable bonds is 7. The Morgan fingerprint density at radius 2 is 1.81 bits per heavy atom. The number of aliphatic carboxylic acids is 1. The molecular weight excluding hydrogens is 315 g/mol. The van der Waals surface area contributed by atoms with Crippen LogP contribution in [0.5, 0.6) is 0 Å². The highest BCUT2D eigenvalue weighted by Crippen LogP contribution is 2.26. The lowest BCUT2D eigenvalue weighted by Crippen LogP contribution is -2.28. The molecule has 1 rings (SSSR count). The number of carboxylic acid groups (broad SMARTS) is 1. The summed E-state index contributed by atoms with van der Waals surface area (Å²) in [5, 5.41) is 11.8. The van der Waals surface area contributed by atoms with Gasteiger partial charge in [-0.2, -0.15) is 0 Å². The lowest BCUT2D eigenvalue weighted by molar-refractivity contribution is -0.137. The lowest BCUT2D eigenvalue weighted by atomic mass is 9.84. The predicted molar refractivity (Wildman–Crippen MR) is 81.9 cm³/mol. The summed E-state index contributed by atoms with van der Waals surface area (Å²) in [5.41, 5.74) is 0.197. The molecule has 116 valence electrons. The first-order valence-electron chi connectivity index (χ1n) is 6.53. The number of carbonyl (C=O) groups excluding carboxylic acids is 1. The fourth-order valence-corrected chi connectivity index (χ4v) is 2.24. The summed E-state index contributed by atoms with van der Waals surface area (Å²) in [4.78, 5) is 26.3. The molecule has 0 spiro atoms. The van der Waals surface area contributed by atoms with Crippen molar-refractivity contribution < 1.29 is 14.7 Å². The molecule has 0 bridgehead atoms. The Morgan fingerprint density at radius 1 is 1.24 bits per heavy atom. The van der Waals surface area contributed by atoms with Crippen LogP contribution in [-0.2, 0) is 4.79 Å². The summed E-state index contributed by atoms with van der Waals surface area (Å²) in [5.74, 6) is -1.09. The third kappa shape index (κ3) is 6.78. The molecule has 2 N–H and O–H groups in total. The monoisotopic (exact) mass is 332 g/mol. The van der Waals surface area contributed by atoms with E-state index >= 15 is 0 Å². The summed E-state index contributed by atoms with van der Waals surface area (Å²) in [6.07, 6.45) is 1.36. The molecule has 0 aliphatic rings. The van der Waals surface area contributed by atoms with Gasteiger partial charge in [-0.25, -0.2) is 4.98 Å². The molecule has 0 aliphatic carbocycles. The van der Waals surface area contributed by atoms with E-state index in [1.54, 1.807) is 0 Å². The van der Waals surface area contributed by atoms with Crippen LogP contribution in [-0.4, -0.2) is 28.5 Å². The minimum Gasteiger partial charge on any atom is -0.481 e. The molecule has 1 aromatic heterocycles. The van der Waals surface area contributed by atoms with Crippen LogP contribution in [0.25, 0.3) is 0 Å². The molecule has 1 amide bonds. The normalized spacial score (nSPS) is 11.2. The van der Waals surface area contributed by atoms with E-state index in [2.05, 4.69) is 10.3 Å². The third-order valence-corrected chi connectivity index (χ3v) is 3.52. The quantitative estimate of drug-likeness (QED) is 0.750. The molecule has 0 unspecified atom stereocenters. The number of carbonyl (C=O) groups is 2. The fourth-order valence-electron chi connectivity index (χ4n) is 1.78. The lowest BCUT2D eigenvalue weighted by Gasteiger charge is -2.23. The summed E-state index contributed by atoms with van der Waals surface area (Å²) in [6, 6.07) is 2.89. The van der Waals surface area contributed by atoms with Gasteiger partial charge in [0.1, 0.15) is 10.3 Å². The van der Waals surface area contributed by atoms with E-state index in [1.807, 2.05) is 13.8 Å². The topological polar surface area (TPSA) is 79.3 Å². The Morgan fingerprint density at radius 3 is 2.33 bits per heavy atom. The molecule has 21 heavy (non-hydrogen) atoms. The van der Waals surface area contributed by atoms with E-state index in [0.29, 0.717) is 24.9 Å². The minimum atomic E-state index is -0.812. The number of halogens is 2. The molecule has 0 fully saturated rings. The molecule has 0 aromatic carbocycles. The Labute approximate surface area is 133 Å². The maximum Gasteiger partial charge on any atom is 0.303 e. The van der Waals surface area contributed by atoms with Crippen molar-refractivity contribution in [2.75, 3.05) is 6.54 Å². The maximum atomic E-state index is 12.0. The van der Waals surface area contributed by atoms with Crippen molar-refractivity contribution in [2.45, 2.75) is 33.1 Å². The Bertz CT molecular complexity index is 513. The zero-order valence-corrected chi connectivity index (χ0v) is 13.5. The van der Waals surface area contributed by atoms with Gasteiger partial charge < -0.3 is 10.4 Å². The molecule has 0 saturated heterocycles. The molecule has 1 aromatic rings. The van der Waals surface area contributed by atoms with Crippen molar-refractivity contribution in [3.63, 3.8) is 0 Å². The summed E-state index contributed by atoms with van der Waals surface area (Å²) >= 11 is 11.5. The Kier molecular flexibility index (Phi) is 6.42.